The molecule has 2 heterocycles. The van der Waals surface area contributed by atoms with Gasteiger partial charge in [-0.2, -0.15) is 9.61 Å². The Morgan fingerprint density at radius 2 is 1.96 bits per heavy atom. The number of anilines is 1. The molecule has 0 saturated carbocycles. The van der Waals surface area contributed by atoms with Crippen LogP contribution in [0.3, 0.4) is 0 Å². The largest absolute Gasteiger partial charge is 0.482 e. The van der Waals surface area contributed by atoms with E-state index >= 15 is 0 Å². The van der Waals surface area contributed by atoms with Crippen LogP contribution in [0.25, 0.3) is 15.5 Å². The van der Waals surface area contributed by atoms with Crippen molar-refractivity contribution < 1.29 is 9.53 Å². The fourth-order valence-corrected chi connectivity index (χ4v) is 3.51. The maximum atomic E-state index is 12.1. The average molecular weight is 400 g/mol. The number of carbonyl (C=O) groups is 1. The number of rotatable bonds is 5. The maximum absolute atomic E-state index is 12.1. The lowest BCUT2D eigenvalue weighted by molar-refractivity contribution is -0.118. The number of ether oxygens (including phenoxy) is 1. The number of benzene rings is 2. The average Bonchev–Trinajstić information content (AvgIpc) is 3.24. The Bertz CT molecular complexity index is 1110. The normalized spacial score (nSPS) is 10.9. The van der Waals surface area contributed by atoms with Crippen molar-refractivity contribution in [2.45, 2.75) is 6.92 Å². The topological polar surface area (TPSA) is 81.4 Å². The molecule has 9 heteroatoms. The fraction of sp³-hybridized carbons (Fsp3) is 0.111. The van der Waals surface area contributed by atoms with E-state index < -0.39 is 0 Å². The van der Waals surface area contributed by atoms with Crippen LogP contribution in [0.15, 0.2) is 48.5 Å². The molecule has 0 bridgehead atoms. The van der Waals surface area contributed by atoms with Gasteiger partial charge < -0.3 is 10.1 Å². The van der Waals surface area contributed by atoms with E-state index in [1.54, 1.807) is 28.8 Å². The second-order valence-electron chi connectivity index (χ2n) is 5.69. The van der Waals surface area contributed by atoms with Crippen LogP contribution in [0.2, 0.25) is 5.02 Å². The summed E-state index contributed by atoms with van der Waals surface area (Å²) in [5.74, 6) is 0.954. The number of para-hydroxylation sites is 1. The summed E-state index contributed by atoms with van der Waals surface area (Å²) in [4.78, 5) is 12.8. The molecule has 0 aliphatic heterocycles. The molecular weight excluding hydrogens is 386 g/mol. The molecule has 7 nitrogen and oxygen atoms in total. The van der Waals surface area contributed by atoms with Crippen molar-refractivity contribution in [3.63, 3.8) is 0 Å². The molecule has 0 aliphatic carbocycles. The number of hydrogen-bond donors (Lipinski definition) is 1. The molecule has 1 amide bonds. The van der Waals surface area contributed by atoms with E-state index in [0.717, 1.165) is 21.4 Å². The summed E-state index contributed by atoms with van der Waals surface area (Å²) >= 11 is 7.46. The van der Waals surface area contributed by atoms with Gasteiger partial charge in [0.2, 0.25) is 4.96 Å². The van der Waals surface area contributed by atoms with E-state index in [1.165, 1.54) is 11.3 Å². The number of halogens is 1. The van der Waals surface area contributed by atoms with Crippen molar-refractivity contribution in [3.8, 4) is 16.3 Å². The second-order valence-corrected chi connectivity index (χ2v) is 7.06. The third-order valence-electron chi connectivity index (χ3n) is 3.76. The molecule has 0 unspecified atom stereocenters. The number of aryl methyl sites for hydroxylation is 1. The Hall–Kier alpha value is -2.97. The smallest absolute Gasteiger partial charge is 0.262 e. The summed E-state index contributed by atoms with van der Waals surface area (Å²) in [7, 11) is 0. The molecular formula is C18H14ClN5O2S. The third-order valence-corrected chi connectivity index (χ3v) is 5.02. The van der Waals surface area contributed by atoms with Crippen LogP contribution in [0, 0.1) is 6.92 Å². The van der Waals surface area contributed by atoms with E-state index in [0.29, 0.717) is 16.5 Å². The van der Waals surface area contributed by atoms with Gasteiger partial charge in [-0.1, -0.05) is 35.1 Å². The number of nitrogens with one attached hydrogen (secondary N) is 1. The van der Waals surface area contributed by atoms with Crippen molar-refractivity contribution >= 4 is 39.5 Å². The predicted octanol–water partition coefficient (Wildman–Crippen LogP) is 3.83. The number of amides is 1. The quantitative estimate of drug-likeness (QED) is 0.551. The first-order valence-electron chi connectivity index (χ1n) is 8.06. The fourth-order valence-electron chi connectivity index (χ4n) is 2.43. The molecule has 0 saturated heterocycles. The number of aromatic nitrogens is 4. The van der Waals surface area contributed by atoms with E-state index in [-0.39, 0.29) is 12.5 Å². The van der Waals surface area contributed by atoms with Gasteiger partial charge in [0.05, 0.1) is 5.02 Å². The lowest BCUT2D eigenvalue weighted by Crippen LogP contribution is -2.20. The van der Waals surface area contributed by atoms with Crippen LogP contribution in [-0.4, -0.2) is 32.3 Å². The minimum atomic E-state index is -0.267. The van der Waals surface area contributed by atoms with Gasteiger partial charge in [-0.05, 0) is 43.3 Å². The molecule has 0 radical (unpaired) electrons. The summed E-state index contributed by atoms with van der Waals surface area (Å²) in [6.07, 6.45) is 0. The molecule has 2 aromatic heterocycles. The van der Waals surface area contributed by atoms with Gasteiger partial charge in [-0.15, -0.1) is 10.2 Å². The highest BCUT2D eigenvalue weighted by Crippen LogP contribution is 2.26. The zero-order chi connectivity index (χ0) is 18.8. The number of fused-ring (bicyclic) bond motifs is 1. The lowest BCUT2D eigenvalue weighted by Gasteiger charge is -2.09. The first-order chi connectivity index (χ1) is 13.1. The summed E-state index contributed by atoms with van der Waals surface area (Å²) in [5, 5.41) is 16.6. The Morgan fingerprint density at radius 3 is 2.70 bits per heavy atom. The molecule has 0 aliphatic rings. The highest BCUT2D eigenvalue weighted by Gasteiger charge is 2.11. The molecule has 2 aromatic carbocycles. The molecule has 0 atom stereocenters. The monoisotopic (exact) mass is 399 g/mol. The van der Waals surface area contributed by atoms with Crippen LogP contribution in [0.1, 0.15) is 5.82 Å². The first-order valence-corrected chi connectivity index (χ1v) is 9.26. The Balaban J connectivity index is 1.40. The Labute approximate surface area is 163 Å². The summed E-state index contributed by atoms with van der Waals surface area (Å²) < 4.78 is 7.14. The predicted molar refractivity (Wildman–Crippen MR) is 104 cm³/mol. The third kappa shape index (κ3) is 3.76. The Morgan fingerprint density at radius 1 is 1.19 bits per heavy atom. The van der Waals surface area contributed by atoms with E-state index in [9.17, 15) is 4.79 Å². The minimum absolute atomic E-state index is 0.124. The number of hydrogen-bond acceptors (Lipinski definition) is 6. The molecule has 0 spiro atoms. The lowest BCUT2D eigenvalue weighted by atomic mass is 10.2. The zero-order valence-corrected chi connectivity index (χ0v) is 15.8. The summed E-state index contributed by atoms with van der Waals surface area (Å²) in [5.41, 5.74) is 1.61. The molecule has 4 aromatic rings. The van der Waals surface area contributed by atoms with Gasteiger partial charge in [-0.3, -0.25) is 4.79 Å². The van der Waals surface area contributed by atoms with Crippen molar-refractivity contribution in [2.24, 2.45) is 0 Å². The summed E-state index contributed by atoms with van der Waals surface area (Å²) in [6.45, 7) is 1.73. The first kappa shape index (κ1) is 17.4. The van der Waals surface area contributed by atoms with Crippen LogP contribution < -0.4 is 10.1 Å². The standard InChI is InChI=1S/C18H14ClN5O2S/c1-11-21-22-18-24(11)23-17(27-18)12-6-8-13(9-7-12)20-16(25)10-26-15-5-3-2-4-14(15)19/h2-9H,10H2,1H3,(H,20,25). The van der Waals surface area contributed by atoms with Crippen molar-refractivity contribution in [1.82, 2.24) is 19.8 Å². The van der Waals surface area contributed by atoms with Gasteiger partial charge in [-0.25, -0.2) is 0 Å². The van der Waals surface area contributed by atoms with Gasteiger partial charge in [0, 0.05) is 11.3 Å². The van der Waals surface area contributed by atoms with E-state index in [1.807, 2.05) is 31.2 Å². The van der Waals surface area contributed by atoms with E-state index in [4.69, 9.17) is 16.3 Å². The van der Waals surface area contributed by atoms with Crippen molar-refractivity contribution in [2.75, 3.05) is 11.9 Å². The Kier molecular flexibility index (Phi) is 4.74. The van der Waals surface area contributed by atoms with Crippen LogP contribution in [-0.2, 0) is 4.79 Å². The van der Waals surface area contributed by atoms with Crippen LogP contribution in [0.5, 0.6) is 5.75 Å². The van der Waals surface area contributed by atoms with Crippen LogP contribution >= 0.6 is 22.9 Å². The van der Waals surface area contributed by atoms with Gasteiger partial charge in [0.1, 0.15) is 10.8 Å². The van der Waals surface area contributed by atoms with Gasteiger partial charge >= 0.3 is 0 Å². The van der Waals surface area contributed by atoms with E-state index in [2.05, 4.69) is 20.6 Å². The molecule has 4 rings (SSSR count). The van der Waals surface area contributed by atoms with Crippen molar-refractivity contribution in [3.05, 3.63) is 59.4 Å². The van der Waals surface area contributed by atoms with Crippen LogP contribution in [0.4, 0.5) is 5.69 Å². The minimum Gasteiger partial charge on any atom is -0.482 e. The molecule has 0 fully saturated rings. The summed E-state index contributed by atoms with van der Waals surface area (Å²) in [6, 6.07) is 14.4. The number of carbonyl (C=O) groups excluding carboxylic acids is 1. The second kappa shape index (κ2) is 7.34. The van der Waals surface area contributed by atoms with Crippen molar-refractivity contribution in [1.29, 1.82) is 0 Å². The maximum Gasteiger partial charge on any atom is 0.262 e. The number of nitrogens with zero attached hydrogens (tertiary/aromatic N) is 4. The zero-order valence-electron chi connectivity index (χ0n) is 14.2. The highest BCUT2D eigenvalue weighted by molar-refractivity contribution is 7.19. The molecule has 1 N–H and O–H groups in total. The highest BCUT2D eigenvalue weighted by atomic mass is 35.5. The van der Waals surface area contributed by atoms with Gasteiger partial charge in [0.15, 0.2) is 12.4 Å². The van der Waals surface area contributed by atoms with Gasteiger partial charge in [0.25, 0.3) is 5.91 Å². The SMILES string of the molecule is Cc1nnc2sc(-c3ccc(NC(=O)COc4ccccc4Cl)cc3)nn12. The molecule has 136 valence electrons. The molecule has 27 heavy (non-hydrogen) atoms.